The van der Waals surface area contributed by atoms with Gasteiger partial charge in [-0.1, -0.05) is 29.3 Å². The minimum Gasteiger partial charge on any atom is -0.329 e. The highest BCUT2D eigenvalue weighted by Crippen LogP contribution is 2.28. The zero-order valence-corrected chi connectivity index (χ0v) is 10.5. The van der Waals surface area contributed by atoms with Gasteiger partial charge < -0.3 is 5.73 Å². The van der Waals surface area contributed by atoms with Crippen molar-refractivity contribution >= 4 is 23.2 Å². The van der Waals surface area contributed by atoms with Crippen LogP contribution in [-0.2, 0) is 0 Å². The molecule has 15 heavy (non-hydrogen) atoms. The summed E-state index contributed by atoms with van der Waals surface area (Å²) in [5.74, 6) is 0. The van der Waals surface area contributed by atoms with E-state index in [-0.39, 0.29) is 6.04 Å². The minimum atomic E-state index is 0.248. The van der Waals surface area contributed by atoms with Crippen LogP contribution in [0.1, 0.15) is 18.5 Å². The van der Waals surface area contributed by atoms with Crippen molar-refractivity contribution in [2.24, 2.45) is 5.73 Å². The zero-order valence-electron chi connectivity index (χ0n) is 9.00. The molecule has 0 bridgehead atoms. The quantitative estimate of drug-likeness (QED) is 0.886. The maximum Gasteiger partial charge on any atom is 0.0468 e. The first-order valence-corrected chi connectivity index (χ1v) is 5.67. The molecule has 0 saturated heterocycles. The van der Waals surface area contributed by atoms with Crippen LogP contribution in [0.15, 0.2) is 18.2 Å². The van der Waals surface area contributed by atoms with Crippen LogP contribution in [0.5, 0.6) is 0 Å². The van der Waals surface area contributed by atoms with Gasteiger partial charge in [0.1, 0.15) is 0 Å². The van der Waals surface area contributed by atoms with E-state index in [0.29, 0.717) is 16.6 Å². The molecule has 0 heterocycles. The van der Waals surface area contributed by atoms with Crippen molar-refractivity contribution in [1.82, 2.24) is 4.90 Å². The molecule has 2 nitrogen and oxygen atoms in total. The van der Waals surface area contributed by atoms with Crippen LogP contribution in [0, 0.1) is 0 Å². The fraction of sp³-hybridized carbons (Fsp3) is 0.455. The van der Waals surface area contributed by atoms with E-state index in [4.69, 9.17) is 28.9 Å². The molecule has 84 valence electrons. The first-order valence-electron chi connectivity index (χ1n) is 4.91. The lowest BCUT2D eigenvalue weighted by Crippen LogP contribution is -2.28. The molecule has 0 aromatic heterocycles. The van der Waals surface area contributed by atoms with Gasteiger partial charge in [0.25, 0.3) is 0 Å². The predicted molar refractivity (Wildman–Crippen MR) is 66.6 cm³/mol. The fourth-order valence-electron chi connectivity index (χ4n) is 1.48. The molecule has 0 spiro atoms. The molecule has 2 N–H and O–H groups in total. The van der Waals surface area contributed by atoms with Crippen molar-refractivity contribution in [3.8, 4) is 0 Å². The first-order chi connectivity index (χ1) is 7.06. The minimum absolute atomic E-state index is 0.248. The van der Waals surface area contributed by atoms with Crippen molar-refractivity contribution < 1.29 is 0 Å². The van der Waals surface area contributed by atoms with Crippen LogP contribution in [0.25, 0.3) is 0 Å². The van der Waals surface area contributed by atoms with E-state index in [0.717, 1.165) is 12.1 Å². The van der Waals surface area contributed by atoms with E-state index < -0.39 is 0 Å². The van der Waals surface area contributed by atoms with Gasteiger partial charge in [-0.2, -0.15) is 0 Å². The second-order valence-electron chi connectivity index (χ2n) is 3.61. The molecule has 0 aliphatic heterocycles. The van der Waals surface area contributed by atoms with Crippen molar-refractivity contribution in [3.05, 3.63) is 33.8 Å². The standard InChI is InChI=1S/C11H16Cl2N2/c1-8(15(2)6-5-14)10-4-3-9(12)7-11(10)13/h3-4,7-8H,5-6,14H2,1-2H3. The van der Waals surface area contributed by atoms with Crippen molar-refractivity contribution in [3.63, 3.8) is 0 Å². The van der Waals surface area contributed by atoms with Gasteiger partial charge in [0, 0.05) is 29.2 Å². The average molecular weight is 247 g/mol. The highest BCUT2D eigenvalue weighted by atomic mass is 35.5. The molecule has 1 atom stereocenters. The fourth-order valence-corrected chi connectivity index (χ4v) is 2.04. The predicted octanol–water partition coefficient (Wildman–Crippen LogP) is 2.94. The number of nitrogens with two attached hydrogens (primary N) is 1. The molecule has 0 aliphatic rings. The van der Waals surface area contributed by atoms with Gasteiger partial charge in [0.05, 0.1) is 0 Å². The van der Waals surface area contributed by atoms with Crippen LogP contribution in [-0.4, -0.2) is 25.0 Å². The Labute approximate surface area is 101 Å². The van der Waals surface area contributed by atoms with Crippen molar-refractivity contribution in [2.75, 3.05) is 20.1 Å². The van der Waals surface area contributed by atoms with Crippen LogP contribution < -0.4 is 5.73 Å². The number of likely N-dealkylation sites (N-methyl/N-ethyl adjacent to an activating group) is 1. The molecule has 1 unspecified atom stereocenters. The Morgan fingerprint density at radius 2 is 2.07 bits per heavy atom. The summed E-state index contributed by atoms with van der Waals surface area (Å²) in [6.07, 6.45) is 0. The maximum atomic E-state index is 6.13. The van der Waals surface area contributed by atoms with Crippen LogP contribution in [0.3, 0.4) is 0 Å². The van der Waals surface area contributed by atoms with Crippen LogP contribution in [0.2, 0.25) is 10.0 Å². The normalized spacial score (nSPS) is 13.2. The summed E-state index contributed by atoms with van der Waals surface area (Å²) in [4.78, 5) is 2.16. The Kier molecular flexibility index (Phi) is 4.87. The van der Waals surface area contributed by atoms with Gasteiger partial charge in [-0.3, -0.25) is 4.90 Å². The monoisotopic (exact) mass is 246 g/mol. The Hall–Kier alpha value is -0.280. The number of halogens is 2. The molecule has 1 aromatic carbocycles. The lowest BCUT2D eigenvalue weighted by atomic mass is 10.1. The Bertz CT molecular complexity index is 328. The van der Waals surface area contributed by atoms with E-state index in [1.165, 1.54) is 0 Å². The second kappa shape index (κ2) is 5.71. The summed E-state index contributed by atoms with van der Waals surface area (Å²) in [7, 11) is 2.03. The van der Waals surface area contributed by atoms with E-state index in [1.54, 1.807) is 6.07 Å². The molecule has 0 fully saturated rings. The lowest BCUT2D eigenvalue weighted by Gasteiger charge is -2.25. The topological polar surface area (TPSA) is 29.3 Å². The van der Waals surface area contributed by atoms with E-state index in [1.807, 2.05) is 19.2 Å². The van der Waals surface area contributed by atoms with Gasteiger partial charge in [0.2, 0.25) is 0 Å². The summed E-state index contributed by atoms with van der Waals surface area (Å²) in [5.41, 5.74) is 6.59. The number of nitrogens with zero attached hydrogens (tertiary/aromatic N) is 1. The third-order valence-corrected chi connectivity index (χ3v) is 3.12. The van der Waals surface area contributed by atoms with Gasteiger partial charge in [-0.25, -0.2) is 0 Å². The van der Waals surface area contributed by atoms with Gasteiger partial charge >= 0.3 is 0 Å². The third kappa shape index (κ3) is 3.35. The first kappa shape index (κ1) is 12.8. The Morgan fingerprint density at radius 3 is 2.60 bits per heavy atom. The van der Waals surface area contributed by atoms with Gasteiger partial charge in [0.15, 0.2) is 0 Å². The molecule has 0 saturated carbocycles. The molecular formula is C11H16Cl2N2. The smallest absolute Gasteiger partial charge is 0.0468 e. The van der Waals surface area contributed by atoms with Gasteiger partial charge in [-0.05, 0) is 31.7 Å². The summed E-state index contributed by atoms with van der Waals surface area (Å²) >= 11 is 12.0. The van der Waals surface area contributed by atoms with Crippen LogP contribution in [0.4, 0.5) is 0 Å². The van der Waals surface area contributed by atoms with Crippen molar-refractivity contribution in [1.29, 1.82) is 0 Å². The number of benzene rings is 1. The largest absolute Gasteiger partial charge is 0.329 e. The van der Waals surface area contributed by atoms with E-state index >= 15 is 0 Å². The summed E-state index contributed by atoms with van der Waals surface area (Å²) in [6, 6.07) is 5.83. The summed E-state index contributed by atoms with van der Waals surface area (Å²) < 4.78 is 0. The SMILES string of the molecule is CC(c1ccc(Cl)cc1Cl)N(C)CCN. The second-order valence-corrected chi connectivity index (χ2v) is 4.45. The third-order valence-electron chi connectivity index (χ3n) is 2.56. The molecule has 1 rings (SSSR count). The number of hydrogen-bond acceptors (Lipinski definition) is 2. The maximum absolute atomic E-state index is 6.13. The number of rotatable bonds is 4. The van der Waals surface area contributed by atoms with Crippen molar-refractivity contribution in [2.45, 2.75) is 13.0 Å². The molecule has 0 amide bonds. The van der Waals surface area contributed by atoms with Gasteiger partial charge in [-0.15, -0.1) is 0 Å². The van der Waals surface area contributed by atoms with Crippen LogP contribution >= 0.6 is 23.2 Å². The lowest BCUT2D eigenvalue weighted by molar-refractivity contribution is 0.269. The molecule has 1 aromatic rings. The highest BCUT2D eigenvalue weighted by molar-refractivity contribution is 6.35. The van der Waals surface area contributed by atoms with E-state index in [2.05, 4.69) is 11.8 Å². The number of hydrogen-bond donors (Lipinski definition) is 1. The molecule has 0 radical (unpaired) electrons. The molecular weight excluding hydrogens is 231 g/mol. The molecule has 4 heteroatoms. The summed E-state index contributed by atoms with van der Waals surface area (Å²) in [6.45, 7) is 3.59. The zero-order chi connectivity index (χ0) is 11.4. The Balaban J connectivity index is 2.86. The highest BCUT2D eigenvalue weighted by Gasteiger charge is 2.13. The summed E-state index contributed by atoms with van der Waals surface area (Å²) in [5, 5.41) is 1.37. The Morgan fingerprint density at radius 1 is 1.40 bits per heavy atom. The average Bonchev–Trinajstić information content (AvgIpc) is 2.17. The van der Waals surface area contributed by atoms with E-state index in [9.17, 15) is 0 Å². The molecule has 0 aliphatic carbocycles.